The number of carbonyl (C=O) groups is 1. The Hall–Kier alpha value is -4.18. The second-order valence-corrected chi connectivity index (χ2v) is 6.15. The van der Waals surface area contributed by atoms with Crippen molar-refractivity contribution in [2.75, 3.05) is 5.32 Å². The van der Waals surface area contributed by atoms with Gasteiger partial charge in [0.15, 0.2) is 5.65 Å². The molecule has 2 N–H and O–H groups in total. The van der Waals surface area contributed by atoms with Crippen molar-refractivity contribution in [2.24, 2.45) is 0 Å². The third-order valence-corrected chi connectivity index (χ3v) is 4.16. The topological polar surface area (TPSA) is 95.1 Å². The number of anilines is 1. The molecule has 0 fully saturated rings. The lowest BCUT2D eigenvalue weighted by atomic mass is 10.1. The lowest BCUT2D eigenvalue weighted by molar-refractivity contribution is 0.251. The van der Waals surface area contributed by atoms with E-state index >= 15 is 0 Å². The van der Waals surface area contributed by atoms with Gasteiger partial charge in [0.2, 0.25) is 0 Å². The van der Waals surface area contributed by atoms with E-state index in [9.17, 15) is 4.79 Å². The molecule has 0 atom stereocenters. The Balaban J connectivity index is 1.43. The number of carbonyl (C=O) groups excluding carboxylic acids is 1. The van der Waals surface area contributed by atoms with E-state index in [1.807, 2.05) is 48.7 Å². The van der Waals surface area contributed by atoms with E-state index in [0.717, 1.165) is 22.5 Å². The molecule has 0 saturated heterocycles. The van der Waals surface area contributed by atoms with Crippen molar-refractivity contribution in [3.05, 3.63) is 84.2 Å². The number of aromatic nitrogens is 3. The van der Waals surface area contributed by atoms with E-state index in [0.29, 0.717) is 17.8 Å². The van der Waals surface area contributed by atoms with Crippen LogP contribution in [0, 0.1) is 11.3 Å². The monoisotopic (exact) mass is 368 g/mol. The number of imidazole rings is 1. The fourth-order valence-electron chi connectivity index (χ4n) is 2.83. The quantitative estimate of drug-likeness (QED) is 0.575. The number of rotatable bonds is 4. The van der Waals surface area contributed by atoms with Gasteiger partial charge in [0.1, 0.15) is 0 Å². The van der Waals surface area contributed by atoms with Crippen LogP contribution in [0.15, 0.2) is 73.1 Å². The molecule has 0 aliphatic carbocycles. The molecule has 0 spiro atoms. The molecule has 2 heterocycles. The Labute approximate surface area is 161 Å². The van der Waals surface area contributed by atoms with Crippen molar-refractivity contribution in [2.45, 2.75) is 6.54 Å². The van der Waals surface area contributed by atoms with E-state index in [-0.39, 0.29) is 6.03 Å². The number of nitriles is 1. The number of fused-ring (bicyclic) bond motifs is 1. The van der Waals surface area contributed by atoms with E-state index in [4.69, 9.17) is 5.26 Å². The average Bonchev–Trinajstić information content (AvgIpc) is 3.17. The van der Waals surface area contributed by atoms with Crippen LogP contribution < -0.4 is 10.6 Å². The maximum absolute atomic E-state index is 12.1. The van der Waals surface area contributed by atoms with Crippen LogP contribution in [0.1, 0.15) is 11.1 Å². The molecule has 0 radical (unpaired) electrons. The van der Waals surface area contributed by atoms with E-state index < -0.39 is 0 Å². The summed E-state index contributed by atoms with van der Waals surface area (Å²) in [6, 6.07) is 20.0. The van der Waals surface area contributed by atoms with E-state index in [1.165, 1.54) is 0 Å². The predicted octanol–water partition coefficient (Wildman–Crippen LogP) is 3.59. The number of benzene rings is 2. The smallest absolute Gasteiger partial charge is 0.319 e. The van der Waals surface area contributed by atoms with Gasteiger partial charge in [-0.3, -0.25) is 0 Å². The zero-order chi connectivity index (χ0) is 19.3. The fraction of sp³-hybridized carbons (Fsp3) is 0.0476. The number of urea groups is 1. The van der Waals surface area contributed by atoms with Crippen LogP contribution in [0.4, 0.5) is 10.5 Å². The lowest BCUT2D eigenvalue weighted by Gasteiger charge is -2.08. The summed E-state index contributed by atoms with van der Waals surface area (Å²) in [4.78, 5) is 16.7. The third-order valence-electron chi connectivity index (χ3n) is 4.16. The number of nitrogens with zero attached hydrogens (tertiary/aromatic N) is 4. The Morgan fingerprint density at radius 2 is 2.00 bits per heavy atom. The minimum absolute atomic E-state index is 0.336. The number of hydrogen-bond donors (Lipinski definition) is 2. The molecule has 2 aromatic heterocycles. The summed E-state index contributed by atoms with van der Waals surface area (Å²) in [5, 5.41) is 18.7. The summed E-state index contributed by atoms with van der Waals surface area (Å²) in [6.45, 7) is 0.364. The molecule has 0 aliphatic heterocycles. The Bertz CT molecular complexity index is 1160. The second kappa shape index (κ2) is 7.60. The summed E-state index contributed by atoms with van der Waals surface area (Å²) in [5.41, 5.74) is 4.56. The largest absolute Gasteiger partial charge is 0.334 e. The molecule has 0 saturated carbocycles. The summed E-state index contributed by atoms with van der Waals surface area (Å²) >= 11 is 0. The molecule has 2 aromatic carbocycles. The molecule has 136 valence electrons. The number of nitrogens with one attached hydrogen (secondary N) is 2. The molecule has 0 unspecified atom stereocenters. The van der Waals surface area contributed by atoms with Crippen LogP contribution in [0.2, 0.25) is 0 Å². The van der Waals surface area contributed by atoms with Crippen molar-refractivity contribution in [3.8, 4) is 17.3 Å². The van der Waals surface area contributed by atoms with Gasteiger partial charge < -0.3 is 10.6 Å². The SMILES string of the molecule is N#Cc1cccc(NC(=O)NCc2cccc(-c3cn4ncccc4n3)c2)c1. The number of hydrogen-bond acceptors (Lipinski definition) is 4. The molecule has 28 heavy (non-hydrogen) atoms. The van der Waals surface area contributed by atoms with E-state index in [2.05, 4.69) is 20.7 Å². The first-order chi connectivity index (χ1) is 13.7. The minimum atomic E-state index is -0.336. The molecule has 4 rings (SSSR count). The standard InChI is InChI=1S/C21H16N6O/c22-12-15-4-2-7-18(11-15)25-21(28)23-13-16-5-1-6-17(10-16)19-14-27-20(26-19)8-3-9-24-27/h1-11,14H,13H2,(H2,23,25,28). The third kappa shape index (κ3) is 3.81. The van der Waals surface area contributed by atoms with Crippen LogP contribution >= 0.6 is 0 Å². The van der Waals surface area contributed by atoms with Gasteiger partial charge in [0.25, 0.3) is 0 Å². The lowest BCUT2D eigenvalue weighted by Crippen LogP contribution is -2.28. The van der Waals surface area contributed by atoms with Crippen LogP contribution in [0.3, 0.4) is 0 Å². The highest BCUT2D eigenvalue weighted by Gasteiger charge is 2.07. The van der Waals surface area contributed by atoms with Gasteiger partial charge in [-0.2, -0.15) is 10.4 Å². The Kier molecular flexibility index (Phi) is 4.68. The highest BCUT2D eigenvalue weighted by atomic mass is 16.2. The molecular weight excluding hydrogens is 352 g/mol. The summed E-state index contributed by atoms with van der Waals surface area (Å²) in [7, 11) is 0. The predicted molar refractivity (Wildman–Crippen MR) is 105 cm³/mol. The zero-order valence-corrected chi connectivity index (χ0v) is 14.8. The van der Waals surface area contributed by atoms with Crippen LogP contribution in [0.25, 0.3) is 16.9 Å². The summed E-state index contributed by atoms with van der Waals surface area (Å²) in [5.74, 6) is 0. The van der Waals surface area contributed by atoms with Gasteiger partial charge in [-0.25, -0.2) is 14.3 Å². The maximum Gasteiger partial charge on any atom is 0.319 e. The van der Waals surface area contributed by atoms with Crippen LogP contribution in [0.5, 0.6) is 0 Å². The normalized spacial score (nSPS) is 10.4. The number of amides is 2. The van der Waals surface area contributed by atoms with Gasteiger partial charge in [0, 0.05) is 24.0 Å². The average molecular weight is 368 g/mol. The van der Waals surface area contributed by atoms with Gasteiger partial charge in [-0.05, 0) is 42.0 Å². The Morgan fingerprint density at radius 3 is 2.86 bits per heavy atom. The molecular formula is C21H16N6O. The molecule has 7 nitrogen and oxygen atoms in total. The van der Waals surface area contributed by atoms with E-state index in [1.54, 1.807) is 35.0 Å². The van der Waals surface area contributed by atoms with Gasteiger partial charge >= 0.3 is 6.03 Å². The Morgan fingerprint density at radius 1 is 1.11 bits per heavy atom. The molecule has 7 heteroatoms. The maximum atomic E-state index is 12.1. The minimum Gasteiger partial charge on any atom is -0.334 e. The zero-order valence-electron chi connectivity index (χ0n) is 14.8. The van der Waals surface area contributed by atoms with Crippen molar-refractivity contribution in [1.29, 1.82) is 5.26 Å². The van der Waals surface area contributed by atoms with Crippen LogP contribution in [-0.4, -0.2) is 20.6 Å². The molecule has 2 amide bonds. The first-order valence-electron chi connectivity index (χ1n) is 8.66. The van der Waals surface area contributed by atoms with Crippen molar-refractivity contribution in [1.82, 2.24) is 19.9 Å². The van der Waals surface area contributed by atoms with Crippen LogP contribution in [-0.2, 0) is 6.54 Å². The van der Waals surface area contributed by atoms with Gasteiger partial charge in [-0.15, -0.1) is 0 Å². The molecule has 0 aliphatic rings. The van der Waals surface area contributed by atoms with Crippen molar-refractivity contribution in [3.63, 3.8) is 0 Å². The highest BCUT2D eigenvalue weighted by Crippen LogP contribution is 2.20. The summed E-state index contributed by atoms with van der Waals surface area (Å²) in [6.07, 6.45) is 3.58. The summed E-state index contributed by atoms with van der Waals surface area (Å²) < 4.78 is 1.73. The first-order valence-corrected chi connectivity index (χ1v) is 8.66. The van der Waals surface area contributed by atoms with Gasteiger partial charge in [0.05, 0.1) is 23.5 Å². The van der Waals surface area contributed by atoms with Crippen molar-refractivity contribution >= 4 is 17.4 Å². The fourth-order valence-corrected chi connectivity index (χ4v) is 2.83. The van der Waals surface area contributed by atoms with Crippen molar-refractivity contribution < 1.29 is 4.79 Å². The second-order valence-electron chi connectivity index (χ2n) is 6.15. The molecule has 4 aromatic rings. The van der Waals surface area contributed by atoms with Gasteiger partial charge in [-0.1, -0.05) is 24.3 Å². The molecule has 0 bridgehead atoms. The highest BCUT2D eigenvalue weighted by molar-refractivity contribution is 5.89. The first kappa shape index (κ1) is 17.2.